The quantitative estimate of drug-likeness (QED) is 0.486. The van der Waals surface area contributed by atoms with Crippen LogP contribution in [0.5, 0.6) is 0 Å². The van der Waals surface area contributed by atoms with Gasteiger partial charge < -0.3 is 15.7 Å². The lowest BCUT2D eigenvalue weighted by Gasteiger charge is -2.32. The van der Waals surface area contributed by atoms with Crippen molar-refractivity contribution in [3.8, 4) is 0 Å². The number of hydrogen-bond donors (Lipinski definition) is 2. The fraction of sp³-hybridized carbons (Fsp3) is 0.455. The second-order valence-electron chi connectivity index (χ2n) is 9.22. The molecule has 1 saturated heterocycles. The molecule has 4 heterocycles. The third-order valence-electron chi connectivity index (χ3n) is 6.67. The van der Waals surface area contributed by atoms with Crippen molar-refractivity contribution in [2.75, 3.05) is 23.7 Å². The summed E-state index contributed by atoms with van der Waals surface area (Å²) in [4.78, 5) is 10.9. The maximum atomic E-state index is 14.2. The van der Waals surface area contributed by atoms with Gasteiger partial charge in [0.25, 0.3) is 0 Å². The van der Waals surface area contributed by atoms with Crippen molar-refractivity contribution < 1.29 is 13.9 Å². The van der Waals surface area contributed by atoms with E-state index in [1.165, 1.54) is 10.6 Å². The minimum Gasteiger partial charge on any atom is -0.391 e. The molecule has 1 unspecified atom stereocenters. The lowest BCUT2D eigenvalue weighted by Crippen LogP contribution is -2.38. The maximum absolute atomic E-state index is 14.2. The number of aromatic nitrogens is 6. The molecule has 0 bridgehead atoms. The van der Waals surface area contributed by atoms with Crippen molar-refractivity contribution in [2.24, 2.45) is 0 Å². The van der Waals surface area contributed by atoms with Gasteiger partial charge >= 0.3 is 0 Å². The van der Waals surface area contributed by atoms with Crippen LogP contribution in [0.1, 0.15) is 45.4 Å². The molecule has 33 heavy (non-hydrogen) atoms. The number of fused-ring (bicyclic) bond motifs is 3. The van der Waals surface area contributed by atoms with Gasteiger partial charge in [-0.15, -0.1) is 5.10 Å². The maximum Gasteiger partial charge on any atom is 0.223 e. The Labute approximate surface area is 188 Å². The highest BCUT2D eigenvalue weighted by Crippen LogP contribution is 2.31. The molecule has 0 amide bonds. The van der Waals surface area contributed by atoms with Gasteiger partial charge in [0.1, 0.15) is 11.3 Å². The third-order valence-corrected chi connectivity index (χ3v) is 6.67. The molecule has 174 valence electrons. The molecule has 11 heteroatoms. The molecule has 0 saturated carbocycles. The summed E-state index contributed by atoms with van der Waals surface area (Å²) in [5.74, 6) is -0.943. The number of halogens is 2. The Morgan fingerprint density at radius 2 is 2.03 bits per heavy atom. The van der Waals surface area contributed by atoms with E-state index in [9.17, 15) is 13.9 Å². The van der Waals surface area contributed by atoms with Crippen molar-refractivity contribution in [2.45, 2.75) is 51.2 Å². The van der Waals surface area contributed by atoms with E-state index in [-0.39, 0.29) is 28.4 Å². The van der Waals surface area contributed by atoms with Crippen LogP contribution in [0.15, 0.2) is 24.5 Å². The van der Waals surface area contributed by atoms with E-state index in [1.54, 1.807) is 17.8 Å². The fourth-order valence-electron chi connectivity index (χ4n) is 4.25. The molecule has 1 aliphatic heterocycles. The molecule has 2 atom stereocenters. The first-order valence-corrected chi connectivity index (χ1v) is 10.9. The van der Waals surface area contributed by atoms with Gasteiger partial charge in [-0.3, -0.25) is 4.68 Å². The zero-order valence-corrected chi connectivity index (χ0v) is 18.7. The normalized spacial score (nSPS) is 18.4. The first kappa shape index (κ1) is 21.5. The van der Waals surface area contributed by atoms with Crippen molar-refractivity contribution in [1.82, 2.24) is 29.4 Å². The first-order chi connectivity index (χ1) is 15.6. The van der Waals surface area contributed by atoms with Crippen LogP contribution >= 0.6 is 0 Å². The molecule has 9 nitrogen and oxygen atoms in total. The molecule has 1 aromatic carbocycles. The first-order valence-electron chi connectivity index (χ1n) is 10.9. The van der Waals surface area contributed by atoms with Gasteiger partial charge in [0.2, 0.25) is 5.95 Å². The van der Waals surface area contributed by atoms with Gasteiger partial charge in [-0.1, -0.05) is 0 Å². The Hall–Kier alpha value is -3.34. The average molecular weight is 457 g/mol. The Kier molecular flexibility index (Phi) is 4.96. The largest absolute Gasteiger partial charge is 0.391 e. The van der Waals surface area contributed by atoms with Crippen LogP contribution < -0.4 is 10.6 Å². The average Bonchev–Trinajstić information content (AvgIpc) is 3.43. The van der Waals surface area contributed by atoms with Crippen molar-refractivity contribution in [1.29, 1.82) is 0 Å². The summed E-state index contributed by atoms with van der Waals surface area (Å²) < 4.78 is 31.2. The highest BCUT2D eigenvalue weighted by molar-refractivity contribution is 5.92. The second-order valence-corrected chi connectivity index (χ2v) is 9.22. The van der Waals surface area contributed by atoms with Gasteiger partial charge in [-0.05, 0) is 39.7 Å². The molecule has 3 aromatic heterocycles. The van der Waals surface area contributed by atoms with Crippen LogP contribution in [0, 0.1) is 11.6 Å². The van der Waals surface area contributed by atoms with Crippen molar-refractivity contribution in [3.63, 3.8) is 0 Å². The lowest BCUT2D eigenvalue weighted by molar-refractivity contribution is 0.0647. The molecule has 3 N–H and O–H groups in total. The van der Waals surface area contributed by atoms with Crippen molar-refractivity contribution in [3.05, 3.63) is 42.0 Å². The van der Waals surface area contributed by atoms with Crippen molar-refractivity contribution >= 4 is 28.2 Å². The van der Waals surface area contributed by atoms with Gasteiger partial charge in [0.05, 0.1) is 28.9 Å². The molecule has 1 fully saturated rings. The molecular weight excluding hydrogens is 430 g/mol. The van der Waals surface area contributed by atoms with E-state index in [1.807, 2.05) is 20.0 Å². The minimum absolute atomic E-state index is 0.000341. The number of nitrogens with two attached hydrogens (primary N) is 1. The van der Waals surface area contributed by atoms with Crippen LogP contribution in [-0.2, 0) is 5.54 Å². The highest BCUT2D eigenvalue weighted by Gasteiger charge is 2.30. The van der Waals surface area contributed by atoms with Crippen LogP contribution in [0.25, 0.3) is 16.6 Å². The number of benzene rings is 1. The van der Waals surface area contributed by atoms with Crippen LogP contribution in [0.3, 0.4) is 0 Å². The Morgan fingerprint density at radius 1 is 1.24 bits per heavy atom. The molecule has 4 aromatic rings. The van der Waals surface area contributed by atoms with Gasteiger partial charge in [0.15, 0.2) is 17.3 Å². The molecule has 0 spiro atoms. The summed E-state index contributed by atoms with van der Waals surface area (Å²) in [5, 5.41) is 19.3. The van der Waals surface area contributed by atoms with Gasteiger partial charge in [-0.25, -0.2) is 18.7 Å². The predicted molar refractivity (Wildman–Crippen MR) is 120 cm³/mol. The number of rotatable bonds is 4. The Morgan fingerprint density at radius 3 is 2.79 bits per heavy atom. The summed E-state index contributed by atoms with van der Waals surface area (Å²) >= 11 is 0. The van der Waals surface area contributed by atoms with E-state index >= 15 is 0 Å². The monoisotopic (exact) mass is 456 g/mol. The standard InChI is InChI=1S/C22H26F2N8O/c1-12(33)22(2,3)31-11-15(9-26-31)30-6-4-5-13(10-30)19-28-20-16-7-14(23)8-17(24)18(16)27-21(25)32(20)29-19/h7-9,11-13,33H,4-6,10H2,1-3H3,(H2,25,27)/t12?,13-/m1/s1. The van der Waals surface area contributed by atoms with Gasteiger partial charge in [0, 0.05) is 31.3 Å². The minimum atomic E-state index is -0.787. The second kappa shape index (κ2) is 7.62. The number of aliphatic hydroxyl groups is 1. The Balaban J connectivity index is 1.48. The van der Waals surface area contributed by atoms with E-state index in [4.69, 9.17) is 5.73 Å². The number of piperidine rings is 1. The number of aliphatic hydroxyl groups excluding tert-OH is 1. The summed E-state index contributed by atoms with van der Waals surface area (Å²) in [5.41, 5.74) is 6.68. The van der Waals surface area contributed by atoms with Crippen LogP contribution in [0.2, 0.25) is 0 Å². The number of nitrogen functional groups attached to an aromatic ring is 1. The third kappa shape index (κ3) is 3.56. The van der Waals surface area contributed by atoms with Crippen LogP contribution in [-0.4, -0.2) is 53.7 Å². The summed E-state index contributed by atoms with van der Waals surface area (Å²) in [6, 6.07) is 1.98. The highest BCUT2D eigenvalue weighted by atomic mass is 19.1. The zero-order chi connectivity index (χ0) is 23.5. The van der Waals surface area contributed by atoms with E-state index in [0.29, 0.717) is 12.4 Å². The Bertz CT molecular complexity index is 1350. The number of hydrogen-bond acceptors (Lipinski definition) is 7. The van der Waals surface area contributed by atoms with Gasteiger partial charge in [-0.2, -0.15) is 9.61 Å². The van der Waals surface area contributed by atoms with E-state index in [0.717, 1.165) is 31.1 Å². The molecule has 0 aliphatic carbocycles. The topological polar surface area (TPSA) is 110 Å². The van der Waals surface area contributed by atoms with E-state index in [2.05, 4.69) is 25.1 Å². The molecule has 0 radical (unpaired) electrons. The summed E-state index contributed by atoms with van der Waals surface area (Å²) in [7, 11) is 0. The fourth-order valence-corrected chi connectivity index (χ4v) is 4.25. The number of anilines is 2. The zero-order valence-electron chi connectivity index (χ0n) is 18.7. The lowest BCUT2D eigenvalue weighted by atomic mass is 9.97. The smallest absolute Gasteiger partial charge is 0.223 e. The molecular formula is C22H26F2N8O. The predicted octanol–water partition coefficient (Wildman–Crippen LogP) is 2.83. The summed E-state index contributed by atoms with van der Waals surface area (Å²) in [6.45, 7) is 7.12. The van der Waals surface area contributed by atoms with Crippen LogP contribution in [0.4, 0.5) is 20.4 Å². The SMILES string of the molecule is CC(O)C(C)(C)n1cc(N2CCC[C@@H](c3nc4c5cc(F)cc(F)c5nc(N)n4n3)C2)cn1. The molecule has 5 rings (SSSR count). The number of nitrogens with zero attached hydrogens (tertiary/aromatic N) is 7. The summed E-state index contributed by atoms with van der Waals surface area (Å²) in [6.07, 6.45) is 4.96. The molecule has 1 aliphatic rings. The van der Waals surface area contributed by atoms with E-state index < -0.39 is 23.3 Å².